The van der Waals surface area contributed by atoms with E-state index in [0.29, 0.717) is 0 Å². The number of anilines is 1. The Balaban J connectivity index is 1.97. The van der Waals surface area contributed by atoms with Crippen LogP contribution in [0.3, 0.4) is 0 Å². The number of amides is 1. The number of rotatable bonds is 0. The molecule has 2 aromatic rings. The van der Waals surface area contributed by atoms with Crippen LogP contribution in [-0.4, -0.2) is 12.5 Å². The molecular weight excluding hydrogens is 258 g/mol. The van der Waals surface area contributed by atoms with E-state index in [-0.39, 0.29) is 11.3 Å². The van der Waals surface area contributed by atoms with Crippen molar-refractivity contribution in [3.8, 4) is 0 Å². The first-order chi connectivity index (χ1) is 10.2. The van der Waals surface area contributed by atoms with Gasteiger partial charge in [-0.05, 0) is 42.0 Å². The third kappa shape index (κ3) is 1.68. The topological polar surface area (TPSA) is 20.3 Å². The van der Waals surface area contributed by atoms with Crippen LogP contribution in [0, 0.1) is 0 Å². The van der Waals surface area contributed by atoms with Gasteiger partial charge in [0.25, 0.3) is 0 Å². The van der Waals surface area contributed by atoms with Gasteiger partial charge in [0.05, 0.1) is 0 Å². The summed E-state index contributed by atoms with van der Waals surface area (Å²) in [5, 5.41) is 0. The van der Waals surface area contributed by atoms with Gasteiger partial charge in [0.2, 0.25) is 5.91 Å². The van der Waals surface area contributed by atoms with Gasteiger partial charge >= 0.3 is 0 Å². The van der Waals surface area contributed by atoms with Gasteiger partial charge < -0.3 is 4.90 Å². The number of hydrogen-bond acceptors (Lipinski definition) is 1. The SMILES string of the molecule is CC(=O)N1C[C@]2(CCCc3ccccc32)c2ccccc21. The Morgan fingerprint density at radius 2 is 1.76 bits per heavy atom. The largest absolute Gasteiger partial charge is 0.311 e. The molecule has 21 heavy (non-hydrogen) atoms. The fraction of sp³-hybridized carbons (Fsp3) is 0.316. The van der Waals surface area contributed by atoms with Crippen LogP contribution < -0.4 is 4.90 Å². The maximum absolute atomic E-state index is 12.1. The van der Waals surface area contributed by atoms with E-state index >= 15 is 0 Å². The average Bonchev–Trinajstić information content (AvgIpc) is 2.84. The highest BCUT2D eigenvalue weighted by Crippen LogP contribution is 2.51. The molecule has 1 atom stereocenters. The second-order valence-electron chi connectivity index (χ2n) is 6.22. The molecule has 0 unspecified atom stereocenters. The maximum Gasteiger partial charge on any atom is 0.223 e. The van der Waals surface area contributed by atoms with Gasteiger partial charge in [-0.15, -0.1) is 0 Å². The fourth-order valence-electron chi connectivity index (χ4n) is 4.20. The highest BCUT2D eigenvalue weighted by atomic mass is 16.2. The summed E-state index contributed by atoms with van der Waals surface area (Å²) in [6, 6.07) is 17.2. The monoisotopic (exact) mass is 277 g/mol. The van der Waals surface area contributed by atoms with Gasteiger partial charge in [-0.1, -0.05) is 42.5 Å². The van der Waals surface area contributed by atoms with E-state index in [0.717, 1.165) is 25.1 Å². The Hall–Kier alpha value is -2.09. The molecule has 1 amide bonds. The molecule has 2 aliphatic rings. The normalized spacial score (nSPS) is 23.0. The van der Waals surface area contributed by atoms with Crippen molar-refractivity contribution in [2.24, 2.45) is 0 Å². The predicted octanol–water partition coefficient (Wildman–Crippen LogP) is 3.68. The van der Waals surface area contributed by atoms with Crippen molar-refractivity contribution in [3.63, 3.8) is 0 Å². The zero-order valence-electron chi connectivity index (χ0n) is 12.3. The Labute approximate surface area is 125 Å². The van der Waals surface area contributed by atoms with Crippen molar-refractivity contribution in [1.82, 2.24) is 0 Å². The number of aryl methyl sites for hydroxylation is 1. The predicted molar refractivity (Wildman–Crippen MR) is 84.6 cm³/mol. The molecule has 0 saturated carbocycles. The van der Waals surface area contributed by atoms with Crippen LogP contribution in [-0.2, 0) is 16.6 Å². The van der Waals surface area contributed by atoms with Gasteiger partial charge in [-0.2, -0.15) is 0 Å². The first-order valence-corrected chi connectivity index (χ1v) is 7.68. The smallest absolute Gasteiger partial charge is 0.223 e. The Bertz CT molecular complexity index is 721. The minimum absolute atomic E-state index is 0.00287. The molecule has 0 fully saturated rings. The van der Waals surface area contributed by atoms with E-state index in [1.165, 1.54) is 23.1 Å². The molecule has 0 N–H and O–H groups in total. The van der Waals surface area contributed by atoms with E-state index < -0.39 is 0 Å². The van der Waals surface area contributed by atoms with Gasteiger partial charge in [-0.3, -0.25) is 4.79 Å². The number of carbonyl (C=O) groups excluding carboxylic acids is 1. The number of para-hydroxylation sites is 1. The average molecular weight is 277 g/mol. The molecule has 2 heteroatoms. The van der Waals surface area contributed by atoms with E-state index in [4.69, 9.17) is 0 Å². The molecule has 0 aromatic heterocycles. The summed E-state index contributed by atoms with van der Waals surface area (Å²) in [7, 11) is 0. The van der Waals surface area contributed by atoms with Crippen LogP contribution in [0.2, 0.25) is 0 Å². The van der Waals surface area contributed by atoms with Gasteiger partial charge in [-0.25, -0.2) is 0 Å². The van der Waals surface area contributed by atoms with E-state index in [1.807, 2.05) is 11.0 Å². The van der Waals surface area contributed by atoms with Crippen molar-refractivity contribution in [2.45, 2.75) is 31.6 Å². The highest BCUT2D eigenvalue weighted by molar-refractivity contribution is 5.95. The molecule has 1 spiro atoms. The van der Waals surface area contributed by atoms with Crippen LogP contribution in [0.25, 0.3) is 0 Å². The minimum Gasteiger partial charge on any atom is -0.311 e. The lowest BCUT2D eigenvalue weighted by atomic mass is 9.67. The summed E-state index contributed by atoms with van der Waals surface area (Å²) in [6.45, 7) is 2.46. The second-order valence-corrected chi connectivity index (χ2v) is 6.22. The number of nitrogens with zero attached hydrogens (tertiary/aromatic N) is 1. The molecule has 2 nitrogen and oxygen atoms in total. The van der Waals surface area contributed by atoms with Crippen LogP contribution >= 0.6 is 0 Å². The summed E-state index contributed by atoms with van der Waals surface area (Å²) in [5.74, 6) is 0.141. The third-order valence-corrected chi connectivity index (χ3v) is 5.10. The maximum atomic E-state index is 12.1. The van der Waals surface area contributed by atoms with Crippen LogP contribution in [0.5, 0.6) is 0 Å². The van der Waals surface area contributed by atoms with Gasteiger partial charge in [0, 0.05) is 24.6 Å². The van der Waals surface area contributed by atoms with Crippen molar-refractivity contribution >= 4 is 11.6 Å². The Morgan fingerprint density at radius 3 is 2.57 bits per heavy atom. The van der Waals surface area contributed by atoms with Gasteiger partial charge in [0.15, 0.2) is 0 Å². The van der Waals surface area contributed by atoms with Crippen molar-refractivity contribution in [1.29, 1.82) is 0 Å². The molecule has 0 bridgehead atoms. The summed E-state index contributed by atoms with van der Waals surface area (Å²) in [6.07, 6.45) is 3.47. The lowest BCUT2D eigenvalue weighted by molar-refractivity contribution is -0.116. The van der Waals surface area contributed by atoms with E-state index in [2.05, 4.69) is 42.5 Å². The second kappa shape index (κ2) is 4.45. The number of benzene rings is 2. The molecule has 1 aliphatic heterocycles. The number of fused-ring (bicyclic) bond motifs is 4. The standard InChI is InChI=1S/C19H19NO/c1-14(21)20-13-19(17-10-4-5-11-18(17)20)12-6-8-15-7-2-3-9-16(15)19/h2-5,7,9-11H,6,8,12-13H2,1H3/t19-/m0/s1. The number of hydrogen-bond donors (Lipinski definition) is 0. The highest BCUT2D eigenvalue weighted by Gasteiger charge is 2.46. The molecule has 106 valence electrons. The number of carbonyl (C=O) groups is 1. The molecular formula is C19H19NO. The van der Waals surface area contributed by atoms with E-state index in [9.17, 15) is 4.79 Å². The fourth-order valence-corrected chi connectivity index (χ4v) is 4.20. The molecule has 4 rings (SSSR count). The van der Waals surface area contributed by atoms with E-state index in [1.54, 1.807) is 6.92 Å². The zero-order valence-corrected chi connectivity index (χ0v) is 12.3. The minimum atomic E-state index is -0.00287. The molecule has 0 radical (unpaired) electrons. The zero-order chi connectivity index (χ0) is 14.4. The first kappa shape index (κ1) is 12.6. The third-order valence-electron chi connectivity index (χ3n) is 5.10. The van der Waals surface area contributed by atoms with Crippen LogP contribution in [0.4, 0.5) is 5.69 Å². The summed E-state index contributed by atoms with van der Waals surface area (Å²) < 4.78 is 0. The van der Waals surface area contributed by atoms with Crippen molar-refractivity contribution in [2.75, 3.05) is 11.4 Å². The van der Waals surface area contributed by atoms with Crippen LogP contribution in [0.1, 0.15) is 36.5 Å². The lowest BCUT2D eigenvalue weighted by Gasteiger charge is -2.36. The summed E-state index contributed by atoms with van der Waals surface area (Å²) >= 11 is 0. The Kier molecular flexibility index (Phi) is 2.68. The van der Waals surface area contributed by atoms with Gasteiger partial charge in [0.1, 0.15) is 0 Å². The Morgan fingerprint density at radius 1 is 1.05 bits per heavy atom. The lowest BCUT2D eigenvalue weighted by Crippen LogP contribution is -2.39. The van der Waals surface area contributed by atoms with Crippen LogP contribution in [0.15, 0.2) is 48.5 Å². The first-order valence-electron chi connectivity index (χ1n) is 7.68. The molecule has 2 aromatic carbocycles. The molecule has 1 heterocycles. The van der Waals surface area contributed by atoms with Crippen molar-refractivity contribution < 1.29 is 4.79 Å². The summed E-state index contributed by atoms with van der Waals surface area (Å²) in [4.78, 5) is 14.0. The quantitative estimate of drug-likeness (QED) is 0.719. The summed E-state index contributed by atoms with van der Waals surface area (Å²) in [5.41, 5.74) is 5.29. The molecule has 0 saturated heterocycles. The molecule has 1 aliphatic carbocycles. The van der Waals surface area contributed by atoms with Crippen molar-refractivity contribution in [3.05, 3.63) is 65.2 Å².